The molecule has 2 atom stereocenters. The molecule has 0 aromatic heterocycles. The van der Waals surface area contributed by atoms with Crippen LogP contribution in [0.2, 0.25) is 5.02 Å². The van der Waals surface area contributed by atoms with Gasteiger partial charge in [-0.1, -0.05) is 17.7 Å². The fourth-order valence-corrected chi connectivity index (χ4v) is 2.67. The smallest absolute Gasteiger partial charge is 0.253 e. The van der Waals surface area contributed by atoms with Gasteiger partial charge in [-0.15, -0.1) is 0 Å². The van der Waals surface area contributed by atoms with E-state index in [9.17, 15) is 4.79 Å². The first kappa shape index (κ1) is 12.9. The molecule has 1 fully saturated rings. The van der Waals surface area contributed by atoms with Crippen LogP contribution in [-0.2, 0) is 0 Å². The molecular weight excluding hydrogens is 304 g/mol. The molecule has 0 bridgehead atoms. The number of hydrogen-bond acceptors (Lipinski definition) is 2. The van der Waals surface area contributed by atoms with Crippen molar-refractivity contribution >= 4 is 33.4 Å². The largest absolute Gasteiger partial charge is 0.348 e. The molecule has 0 spiro atoms. The molecule has 0 radical (unpaired) electrons. The fourth-order valence-electron chi connectivity index (χ4n) is 2.09. The standard InChI is InChI=1S/C12H14BrClN2O/c13-8-4-1-3-7(11(8)14)12(17)16-10-6-2-5-9(10)15/h1,3-4,9-10H,2,5-6,15H2,(H,16,17). The molecule has 1 aromatic rings. The maximum atomic E-state index is 12.0. The second-order valence-corrected chi connectivity index (χ2v) is 5.51. The summed E-state index contributed by atoms with van der Waals surface area (Å²) in [5.41, 5.74) is 6.40. The number of nitrogens with one attached hydrogen (secondary N) is 1. The average Bonchev–Trinajstić information content (AvgIpc) is 2.68. The van der Waals surface area contributed by atoms with Gasteiger partial charge in [0.2, 0.25) is 0 Å². The number of carbonyl (C=O) groups is 1. The van der Waals surface area contributed by atoms with Crippen molar-refractivity contribution < 1.29 is 4.79 Å². The number of hydrogen-bond donors (Lipinski definition) is 2. The Kier molecular flexibility index (Phi) is 4.07. The molecule has 1 saturated carbocycles. The second kappa shape index (κ2) is 5.38. The highest BCUT2D eigenvalue weighted by atomic mass is 79.9. The van der Waals surface area contributed by atoms with Gasteiger partial charge in [0.05, 0.1) is 10.6 Å². The van der Waals surface area contributed by atoms with Crippen LogP contribution in [-0.4, -0.2) is 18.0 Å². The maximum absolute atomic E-state index is 12.0. The van der Waals surface area contributed by atoms with Crippen LogP contribution in [0.4, 0.5) is 0 Å². The van der Waals surface area contributed by atoms with Crippen LogP contribution in [0, 0.1) is 0 Å². The summed E-state index contributed by atoms with van der Waals surface area (Å²) >= 11 is 9.37. The Morgan fingerprint density at radius 3 is 2.88 bits per heavy atom. The molecule has 1 aliphatic carbocycles. The lowest BCUT2D eigenvalue weighted by Crippen LogP contribution is -2.44. The van der Waals surface area contributed by atoms with Gasteiger partial charge >= 0.3 is 0 Å². The fraction of sp³-hybridized carbons (Fsp3) is 0.417. The van der Waals surface area contributed by atoms with Gasteiger partial charge in [-0.25, -0.2) is 0 Å². The van der Waals surface area contributed by atoms with Crippen molar-refractivity contribution in [2.45, 2.75) is 31.3 Å². The highest BCUT2D eigenvalue weighted by Crippen LogP contribution is 2.26. The molecule has 1 aromatic carbocycles. The van der Waals surface area contributed by atoms with E-state index in [1.807, 2.05) is 0 Å². The minimum atomic E-state index is -0.154. The zero-order valence-corrected chi connectivity index (χ0v) is 11.6. The van der Waals surface area contributed by atoms with Gasteiger partial charge in [-0.3, -0.25) is 4.79 Å². The van der Waals surface area contributed by atoms with Crippen LogP contribution in [0.15, 0.2) is 22.7 Å². The molecule has 3 N–H and O–H groups in total. The molecule has 2 rings (SSSR count). The topological polar surface area (TPSA) is 55.1 Å². The molecule has 2 unspecified atom stereocenters. The van der Waals surface area contributed by atoms with E-state index >= 15 is 0 Å². The maximum Gasteiger partial charge on any atom is 0.253 e. The molecule has 0 heterocycles. The number of nitrogens with two attached hydrogens (primary N) is 1. The van der Waals surface area contributed by atoms with Crippen molar-refractivity contribution in [2.24, 2.45) is 5.73 Å². The first-order valence-electron chi connectivity index (χ1n) is 5.60. The summed E-state index contributed by atoms with van der Waals surface area (Å²) in [7, 11) is 0. The minimum Gasteiger partial charge on any atom is -0.348 e. The molecule has 1 amide bonds. The van der Waals surface area contributed by atoms with E-state index in [-0.39, 0.29) is 18.0 Å². The molecule has 0 saturated heterocycles. The Bertz CT molecular complexity index is 439. The van der Waals surface area contributed by atoms with Crippen molar-refractivity contribution in [3.05, 3.63) is 33.3 Å². The van der Waals surface area contributed by atoms with E-state index in [2.05, 4.69) is 21.2 Å². The summed E-state index contributed by atoms with van der Waals surface area (Å²) < 4.78 is 0.725. The minimum absolute atomic E-state index is 0.0601. The van der Waals surface area contributed by atoms with Crippen molar-refractivity contribution in [3.63, 3.8) is 0 Å². The second-order valence-electron chi connectivity index (χ2n) is 4.28. The molecule has 17 heavy (non-hydrogen) atoms. The summed E-state index contributed by atoms with van der Waals surface area (Å²) in [5, 5.41) is 3.39. The predicted octanol–water partition coefficient (Wildman–Crippen LogP) is 2.71. The Hall–Kier alpha value is -0.580. The third kappa shape index (κ3) is 2.81. The van der Waals surface area contributed by atoms with Gasteiger partial charge in [-0.05, 0) is 47.3 Å². The van der Waals surface area contributed by atoms with E-state index in [4.69, 9.17) is 17.3 Å². The highest BCUT2D eigenvalue weighted by molar-refractivity contribution is 9.10. The van der Waals surface area contributed by atoms with Gasteiger partial charge in [0, 0.05) is 16.6 Å². The van der Waals surface area contributed by atoms with Crippen molar-refractivity contribution in [1.82, 2.24) is 5.32 Å². The summed E-state index contributed by atoms with van der Waals surface area (Å²) in [6.07, 6.45) is 2.98. The van der Waals surface area contributed by atoms with Crippen LogP contribution in [0.25, 0.3) is 0 Å². The molecule has 92 valence electrons. The lowest BCUT2D eigenvalue weighted by atomic mass is 10.1. The first-order valence-corrected chi connectivity index (χ1v) is 6.77. The van der Waals surface area contributed by atoms with Crippen molar-refractivity contribution in [1.29, 1.82) is 0 Å². The summed E-state index contributed by atoms with van der Waals surface area (Å²) in [6.45, 7) is 0. The summed E-state index contributed by atoms with van der Waals surface area (Å²) in [6, 6.07) is 5.44. The monoisotopic (exact) mass is 316 g/mol. The van der Waals surface area contributed by atoms with Crippen LogP contribution < -0.4 is 11.1 Å². The number of carbonyl (C=O) groups excluding carboxylic acids is 1. The first-order chi connectivity index (χ1) is 8.09. The lowest BCUT2D eigenvalue weighted by molar-refractivity contribution is 0.0934. The van der Waals surface area contributed by atoms with Crippen LogP contribution in [0.5, 0.6) is 0 Å². The van der Waals surface area contributed by atoms with Crippen LogP contribution in [0.3, 0.4) is 0 Å². The third-order valence-electron chi connectivity index (χ3n) is 3.08. The summed E-state index contributed by atoms with van der Waals surface area (Å²) in [5.74, 6) is -0.154. The molecule has 1 aliphatic rings. The van der Waals surface area contributed by atoms with Gasteiger partial charge in [0.15, 0.2) is 0 Å². The Morgan fingerprint density at radius 1 is 1.47 bits per heavy atom. The van der Waals surface area contributed by atoms with E-state index < -0.39 is 0 Å². The average molecular weight is 318 g/mol. The normalized spacial score (nSPS) is 23.7. The number of halogens is 2. The molecule has 3 nitrogen and oxygen atoms in total. The lowest BCUT2D eigenvalue weighted by Gasteiger charge is -2.17. The van der Waals surface area contributed by atoms with Crippen LogP contribution in [0.1, 0.15) is 29.6 Å². The Labute approximate surface area is 114 Å². The molecule has 5 heteroatoms. The van der Waals surface area contributed by atoms with Crippen molar-refractivity contribution in [3.8, 4) is 0 Å². The zero-order chi connectivity index (χ0) is 12.4. The van der Waals surface area contributed by atoms with Gasteiger partial charge in [0.1, 0.15) is 0 Å². The van der Waals surface area contributed by atoms with Gasteiger partial charge in [-0.2, -0.15) is 0 Å². The van der Waals surface area contributed by atoms with E-state index in [0.29, 0.717) is 10.6 Å². The molecule has 0 aliphatic heterocycles. The predicted molar refractivity (Wildman–Crippen MR) is 72.2 cm³/mol. The van der Waals surface area contributed by atoms with Crippen molar-refractivity contribution in [2.75, 3.05) is 0 Å². The Morgan fingerprint density at radius 2 is 2.24 bits per heavy atom. The third-order valence-corrected chi connectivity index (χ3v) is 4.38. The van der Waals surface area contributed by atoms with E-state index in [1.54, 1.807) is 18.2 Å². The number of rotatable bonds is 2. The number of amides is 1. The number of benzene rings is 1. The molecular formula is C12H14BrClN2O. The summed E-state index contributed by atoms with van der Waals surface area (Å²) in [4.78, 5) is 12.0. The van der Waals surface area contributed by atoms with Gasteiger partial charge in [0.25, 0.3) is 5.91 Å². The Balaban J connectivity index is 2.12. The van der Waals surface area contributed by atoms with Gasteiger partial charge < -0.3 is 11.1 Å². The quantitative estimate of drug-likeness (QED) is 0.881. The van der Waals surface area contributed by atoms with E-state index in [0.717, 1.165) is 23.7 Å². The van der Waals surface area contributed by atoms with E-state index in [1.165, 1.54) is 0 Å². The highest BCUT2D eigenvalue weighted by Gasteiger charge is 2.26. The van der Waals surface area contributed by atoms with Crippen LogP contribution >= 0.6 is 27.5 Å². The SMILES string of the molecule is NC1CCCC1NC(=O)c1cccc(Br)c1Cl. The zero-order valence-electron chi connectivity index (χ0n) is 9.25.